The van der Waals surface area contributed by atoms with E-state index in [0.29, 0.717) is 13.1 Å². The van der Waals surface area contributed by atoms with Gasteiger partial charge in [0.05, 0.1) is 30.4 Å². The number of aliphatic hydroxyl groups excluding tert-OH is 1. The molecule has 0 bridgehead atoms. The number of fused-ring (bicyclic) bond motifs is 3. The van der Waals surface area contributed by atoms with Gasteiger partial charge in [-0.15, -0.1) is 0 Å². The number of benzene rings is 1. The number of aliphatic hydroxyl groups is 1. The van der Waals surface area contributed by atoms with Crippen molar-refractivity contribution in [3.8, 4) is 11.3 Å². The fourth-order valence-corrected chi connectivity index (χ4v) is 5.37. The number of carbonyl (C=O) groups is 1. The molecule has 2 fully saturated rings. The third-order valence-electron chi connectivity index (χ3n) is 6.60. The summed E-state index contributed by atoms with van der Waals surface area (Å²) in [5.41, 5.74) is 2.89. The molecule has 1 aliphatic carbocycles. The van der Waals surface area contributed by atoms with Crippen molar-refractivity contribution in [3.05, 3.63) is 42.4 Å². The molecule has 6 nitrogen and oxygen atoms in total. The molecule has 1 N–H and O–H groups in total. The lowest BCUT2D eigenvalue weighted by Crippen LogP contribution is -2.63. The highest BCUT2D eigenvalue weighted by atomic mass is 16.6. The minimum atomic E-state index is -0.498. The minimum Gasteiger partial charge on any atom is -0.444 e. The first-order valence-corrected chi connectivity index (χ1v) is 10.1. The number of aromatic nitrogens is 2. The lowest BCUT2D eigenvalue weighted by Gasteiger charge is -2.50. The van der Waals surface area contributed by atoms with Crippen LogP contribution in [0.25, 0.3) is 11.3 Å². The normalized spacial score (nSPS) is 27.4. The van der Waals surface area contributed by atoms with Crippen LogP contribution in [0.15, 0.2) is 36.8 Å². The van der Waals surface area contributed by atoms with Crippen LogP contribution in [0.5, 0.6) is 0 Å². The molecule has 1 aromatic carbocycles. The highest BCUT2D eigenvalue weighted by molar-refractivity contribution is 5.70. The molecule has 28 heavy (non-hydrogen) atoms. The summed E-state index contributed by atoms with van der Waals surface area (Å²) >= 11 is 0. The molecule has 3 aliphatic rings. The monoisotopic (exact) mass is 381 g/mol. The Labute approximate surface area is 165 Å². The molecule has 1 amide bonds. The van der Waals surface area contributed by atoms with Gasteiger partial charge in [0.1, 0.15) is 5.60 Å². The molecule has 5 rings (SSSR count). The van der Waals surface area contributed by atoms with Crippen LogP contribution >= 0.6 is 0 Å². The van der Waals surface area contributed by atoms with Gasteiger partial charge in [0.25, 0.3) is 0 Å². The summed E-state index contributed by atoms with van der Waals surface area (Å²) in [7, 11) is 0. The van der Waals surface area contributed by atoms with Crippen LogP contribution in [0, 0.1) is 11.3 Å². The molecule has 1 spiro atoms. The van der Waals surface area contributed by atoms with Crippen LogP contribution in [-0.4, -0.2) is 50.4 Å². The average Bonchev–Trinajstić information content (AvgIpc) is 3.25. The predicted molar refractivity (Wildman–Crippen MR) is 105 cm³/mol. The van der Waals surface area contributed by atoms with Gasteiger partial charge in [0, 0.05) is 30.0 Å². The van der Waals surface area contributed by atoms with Gasteiger partial charge < -0.3 is 19.3 Å². The lowest BCUT2D eigenvalue weighted by atomic mass is 9.74. The molecule has 1 aromatic heterocycles. The Bertz CT molecular complexity index is 923. The van der Waals surface area contributed by atoms with Crippen LogP contribution in [0.3, 0.4) is 0 Å². The van der Waals surface area contributed by atoms with Crippen LogP contribution in [0.1, 0.15) is 45.2 Å². The molecule has 2 aromatic rings. The molecule has 6 heteroatoms. The summed E-state index contributed by atoms with van der Waals surface area (Å²) in [6, 6.07) is 8.52. The van der Waals surface area contributed by atoms with Crippen molar-refractivity contribution in [2.45, 2.75) is 51.4 Å². The first kappa shape index (κ1) is 17.7. The third kappa shape index (κ3) is 2.50. The number of imidazole rings is 1. The fourth-order valence-electron chi connectivity index (χ4n) is 5.37. The second-order valence-corrected chi connectivity index (χ2v) is 9.56. The van der Waals surface area contributed by atoms with E-state index in [1.165, 1.54) is 11.1 Å². The topological polar surface area (TPSA) is 67.6 Å². The molecule has 3 heterocycles. The molecular weight excluding hydrogens is 354 g/mol. The predicted octanol–water partition coefficient (Wildman–Crippen LogP) is 3.46. The molecule has 1 saturated heterocycles. The van der Waals surface area contributed by atoms with E-state index in [2.05, 4.69) is 33.8 Å². The Balaban J connectivity index is 1.36. The Kier molecular flexibility index (Phi) is 3.69. The maximum Gasteiger partial charge on any atom is 0.410 e. The zero-order valence-electron chi connectivity index (χ0n) is 16.6. The summed E-state index contributed by atoms with van der Waals surface area (Å²) in [6.45, 7) is 6.78. The van der Waals surface area contributed by atoms with E-state index in [0.717, 1.165) is 18.5 Å². The average molecular weight is 381 g/mol. The smallest absolute Gasteiger partial charge is 0.410 e. The first-order chi connectivity index (χ1) is 13.3. The van der Waals surface area contributed by atoms with Gasteiger partial charge in [0.2, 0.25) is 0 Å². The number of ether oxygens (including phenoxy) is 1. The highest BCUT2D eigenvalue weighted by Crippen LogP contribution is 2.55. The minimum absolute atomic E-state index is 0.110. The first-order valence-electron chi connectivity index (χ1n) is 10.1. The van der Waals surface area contributed by atoms with Crippen molar-refractivity contribution in [1.29, 1.82) is 0 Å². The quantitative estimate of drug-likeness (QED) is 0.821. The lowest BCUT2D eigenvalue weighted by molar-refractivity contribution is -0.0900. The zero-order valence-corrected chi connectivity index (χ0v) is 16.6. The van der Waals surface area contributed by atoms with Gasteiger partial charge in [-0.3, -0.25) is 0 Å². The summed E-state index contributed by atoms with van der Waals surface area (Å²) < 4.78 is 7.69. The Morgan fingerprint density at radius 2 is 2.04 bits per heavy atom. The number of rotatable bonds is 1. The number of amides is 1. The van der Waals surface area contributed by atoms with Crippen molar-refractivity contribution >= 4 is 6.09 Å². The van der Waals surface area contributed by atoms with E-state index >= 15 is 0 Å². The van der Waals surface area contributed by atoms with Crippen molar-refractivity contribution in [3.63, 3.8) is 0 Å². The van der Waals surface area contributed by atoms with Crippen LogP contribution in [0.4, 0.5) is 4.79 Å². The van der Waals surface area contributed by atoms with Gasteiger partial charge >= 0.3 is 6.09 Å². The van der Waals surface area contributed by atoms with Crippen molar-refractivity contribution < 1.29 is 14.6 Å². The van der Waals surface area contributed by atoms with Gasteiger partial charge in [-0.2, -0.15) is 0 Å². The van der Waals surface area contributed by atoms with E-state index in [1.807, 2.05) is 33.3 Å². The van der Waals surface area contributed by atoms with Gasteiger partial charge in [-0.05, 0) is 39.2 Å². The van der Waals surface area contributed by atoms with Gasteiger partial charge in [-0.25, -0.2) is 9.78 Å². The fraction of sp³-hybridized carbons (Fsp3) is 0.545. The second kappa shape index (κ2) is 5.83. The van der Waals surface area contributed by atoms with E-state index in [-0.39, 0.29) is 23.5 Å². The van der Waals surface area contributed by atoms with E-state index < -0.39 is 11.7 Å². The Morgan fingerprint density at radius 1 is 1.29 bits per heavy atom. The van der Waals surface area contributed by atoms with Crippen molar-refractivity contribution in [2.24, 2.45) is 11.3 Å². The van der Waals surface area contributed by atoms with Gasteiger partial charge in [-0.1, -0.05) is 24.3 Å². The Morgan fingerprint density at radius 3 is 2.79 bits per heavy atom. The van der Waals surface area contributed by atoms with E-state index in [1.54, 1.807) is 4.90 Å². The standard InChI is InChI=1S/C22H27N3O3/c1-21(2,3)28-20(27)24-11-22(12-24)9-8-16(19(22)26)18-15-7-5-4-6-14(15)17-10-23-13-25(17)18/h4-7,10,13,16,18-19,26H,8-9,11-12H2,1-3H3/t16-,18-,19-/m0/s1. The summed E-state index contributed by atoms with van der Waals surface area (Å²) in [5, 5.41) is 11.3. The SMILES string of the molecule is CC(C)(C)OC(=O)N1CC2(CC[C@@H]([C@@H]3c4ccccc4-c4cncn43)[C@@H]2O)C1. The molecule has 1 saturated carbocycles. The third-order valence-corrected chi connectivity index (χ3v) is 6.60. The van der Waals surface area contributed by atoms with Crippen LogP contribution < -0.4 is 0 Å². The van der Waals surface area contributed by atoms with Crippen LogP contribution in [0.2, 0.25) is 0 Å². The van der Waals surface area contributed by atoms with Crippen molar-refractivity contribution in [1.82, 2.24) is 14.5 Å². The number of likely N-dealkylation sites (tertiary alicyclic amines) is 1. The zero-order chi connectivity index (χ0) is 19.7. The number of hydrogen-bond acceptors (Lipinski definition) is 4. The van der Waals surface area contributed by atoms with Gasteiger partial charge in [0.15, 0.2) is 0 Å². The van der Waals surface area contributed by atoms with Crippen LogP contribution in [-0.2, 0) is 4.74 Å². The number of carbonyl (C=O) groups excluding carboxylic acids is 1. The molecular formula is C22H27N3O3. The number of hydrogen-bond donors (Lipinski definition) is 1. The summed E-state index contributed by atoms with van der Waals surface area (Å²) in [4.78, 5) is 18.4. The van der Waals surface area contributed by atoms with E-state index in [4.69, 9.17) is 4.74 Å². The molecule has 0 unspecified atom stereocenters. The summed E-state index contributed by atoms with van der Waals surface area (Å²) in [5.74, 6) is 0.123. The molecule has 2 aliphatic heterocycles. The highest BCUT2D eigenvalue weighted by Gasteiger charge is 2.59. The van der Waals surface area contributed by atoms with Crippen molar-refractivity contribution in [2.75, 3.05) is 13.1 Å². The molecule has 3 atom stereocenters. The molecule has 0 radical (unpaired) electrons. The largest absolute Gasteiger partial charge is 0.444 e. The Hall–Kier alpha value is -2.34. The summed E-state index contributed by atoms with van der Waals surface area (Å²) in [6.07, 6.45) is 4.94. The maximum atomic E-state index is 12.3. The maximum absolute atomic E-state index is 12.3. The molecule has 148 valence electrons. The second-order valence-electron chi connectivity index (χ2n) is 9.56. The number of nitrogens with zero attached hydrogens (tertiary/aromatic N) is 3. The van der Waals surface area contributed by atoms with E-state index in [9.17, 15) is 9.90 Å².